The number of aliphatic carboxylic acids is 1. The number of carboxylic acids is 1. The fraction of sp³-hybridized carbons (Fsp3) is 0.585. The highest BCUT2D eigenvalue weighted by molar-refractivity contribution is 5.73. The van der Waals surface area contributed by atoms with Crippen LogP contribution in [0.4, 0.5) is 0 Å². The molecule has 5 N–H and O–H groups in total. The highest BCUT2D eigenvalue weighted by Crippen LogP contribution is 2.49. The van der Waals surface area contributed by atoms with Crippen molar-refractivity contribution in [2.24, 2.45) is 29.4 Å². The largest absolute Gasteiger partial charge is 0.508 e. The van der Waals surface area contributed by atoms with Crippen molar-refractivity contribution in [2.45, 2.75) is 114 Å². The number of phenolic OH excluding ortho intramolecular Hbond substituents is 1. The molecule has 0 amide bonds. The van der Waals surface area contributed by atoms with Crippen molar-refractivity contribution in [3.63, 3.8) is 0 Å². The standard InChI is InChI=1S/C41H57NO4/c42-25-22-31-17-16-30(26-31)10-4-1-2-5-12-33-13-9-14-35(29-43)39(40(45)46)41(23-6-3-7-24-41)36-15-8-11-32(27-36)28-38(33)34-18-20-37(44)21-19-34/h8-9,11,14-15,18-21,26-27,30,33,35,38-39,43-44H,1-7,10,12-13,16-17,22-25,28-29,42H2,(H,45,46)/t30-,33+,35-,38-,39-/m1/s1. The number of benzene rings is 2. The van der Waals surface area contributed by atoms with Gasteiger partial charge in [-0.05, 0) is 111 Å². The van der Waals surface area contributed by atoms with Gasteiger partial charge in [0.2, 0.25) is 0 Å². The molecule has 2 bridgehead atoms. The van der Waals surface area contributed by atoms with Gasteiger partial charge in [-0.15, -0.1) is 0 Å². The predicted molar refractivity (Wildman–Crippen MR) is 187 cm³/mol. The summed E-state index contributed by atoms with van der Waals surface area (Å²) in [5, 5.41) is 31.4. The van der Waals surface area contributed by atoms with Gasteiger partial charge in [-0.1, -0.05) is 105 Å². The molecule has 5 heteroatoms. The first kappa shape index (κ1) is 34.4. The third-order valence-electron chi connectivity index (χ3n) is 11.6. The summed E-state index contributed by atoms with van der Waals surface area (Å²) in [5.74, 6) is -0.226. The van der Waals surface area contributed by atoms with Gasteiger partial charge in [0.1, 0.15) is 5.75 Å². The van der Waals surface area contributed by atoms with E-state index in [-0.39, 0.29) is 18.3 Å². The van der Waals surface area contributed by atoms with Crippen LogP contribution < -0.4 is 5.73 Å². The van der Waals surface area contributed by atoms with Crippen LogP contribution in [0.25, 0.3) is 0 Å². The van der Waals surface area contributed by atoms with E-state index in [0.717, 1.165) is 82.2 Å². The highest BCUT2D eigenvalue weighted by Gasteiger charge is 2.48. The van der Waals surface area contributed by atoms with Crippen molar-refractivity contribution in [1.29, 1.82) is 0 Å². The second kappa shape index (κ2) is 16.8. The zero-order chi connectivity index (χ0) is 32.4. The number of aliphatic hydroxyl groups excluding tert-OH is 1. The first-order valence-corrected chi connectivity index (χ1v) is 18.2. The number of rotatable bonds is 12. The van der Waals surface area contributed by atoms with Crippen LogP contribution in [-0.4, -0.2) is 34.4 Å². The van der Waals surface area contributed by atoms with Gasteiger partial charge in [-0.2, -0.15) is 0 Å². The van der Waals surface area contributed by atoms with E-state index >= 15 is 0 Å². The Morgan fingerprint density at radius 2 is 1.72 bits per heavy atom. The Morgan fingerprint density at radius 1 is 0.957 bits per heavy atom. The maximum absolute atomic E-state index is 13.0. The van der Waals surface area contributed by atoms with Crippen LogP contribution in [0.15, 0.2) is 72.3 Å². The summed E-state index contributed by atoms with van der Waals surface area (Å²) in [6.07, 6.45) is 24.1. The maximum Gasteiger partial charge on any atom is 0.308 e. The average molecular weight is 628 g/mol. The van der Waals surface area contributed by atoms with Gasteiger partial charge in [0.05, 0.1) is 12.5 Å². The van der Waals surface area contributed by atoms with Crippen molar-refractivity contribution < 1.29 is 20.1 Å². The number of phenols is 1. The van der Waals surface area contributed by atoms with Gasteiger partial charge >= 0.3 is 5.97 Å². The molecule has 0 radical (unpaired) electrons. The van der Waals surface area contributed by atoms with E-state index in [1.165, 1.54) is 49.7 Å². The zero-order valence-electron chi connectivity index (χ0n) is 27.8. The van der Waals surface area contributed by atoms with Crippen LogP contribution in [0.3, 0.4) is 0 Å². The quantitative estimate of drug-likeness (QED) is 0.139. The van der Waals surface area contributed by atoms with Gasteiger partial charge in [-0.3, -0.25) is 4.79 Å². The second-order valence-corrected chi connectivity index (χ2v) is 14.6. The Morgan fingerprint density at radius 3 is 2.43 bits per heavy atom. The van der Waals surface area contributed by atoms with Crippen molar-refractivity contribution in [2.75, 3.05) is 13.2 Å². The molecule has 0 saturated heterocycles. The van der Waals surface area contributed by atoms with E-state index in [9.17, 15) is 20.1 Å². The normalized spacial score (nSPS) is 26.3. The van der Waals surface area contributed by atoms with Gasteiger partial charge < -0.3 is 21.1 Å². The molecule has 0 aliphatic heterocycles. The minimum absolute atomic E-state index is 0.162. The fourth-order valence-corrected chi connectivity index (χ4v) is 9.18. The Hall–Kier alpha value is -2.89. The first-order valence-electron chi connectivity index (χ1n) is 18.2. The Labute approximate surface area is 277 Å². The topological polar surface area (TPSA) is 104 Å². The molecule has 3 aliphatic rings. The molecule has 0 aromatic heterocycles. The molecular weight excluding hydrogens is 570 g/mol. The first-order chi connectivity index (χ1) is 22.4. The van der Waals surface area contributed by atoms with E-state index in [0.29, 0.717) is 5.92 Å². The van der Waals surface area contributed by atoms with Crippen LogP contribution in [0.1, 0.15) is 119 Å². The van der Waals surface area contributed by atoms with Crippen LogP contribution in [0, 0.1) is 23.7 Å². The molecule has 2 aromatic carbocycles. The number of hydrogen-bond acceptors (Lipinski definition) is 4. The molecule has 0 unspecified atom stereocenters. The van der Waals surface area contributed by atoms with E-state index in [4.69, 9.17) is 5.73 Å². The molecule has 46 heavy (non-hydrogen) atoms. The SMILES string of the molecule is NCCC1=C[C@H](CCCCCC[C@H]2CC=C[C@H](CO)[C@H](C(=O)O)C3(CCCCC3)c3cccc(c3)C[C@H]2c2ccc(O)cc2)CC1. The molecule has 1 fully saturated rings. The average Bonchev–Trinajstić information content (AvgIpc) is 3.51. The highest BCUT2D eigenvalue weighted by atomic mass is 16.4. The fourth-order valence-electron chi connectivity index (χ4n) is 9.18. The Kier molecular flexibility index (Phi) is 12.6. The summed E-state index contributed by atoms with van der Waals surface area (Å²) in [6.45, 7) is 0.595. The van der Waals surface area contributed by atoms with E-state index < -0.39 is 23.2 Å². The van der Waals surface area contributed by atoms with Crippen molar-refractivity contribution in [1.82, 2.24) is 0 Å². The van der Waals surface area contributed by atoms with E-state index in [2.05, 4.69) is 48.6 Å². The molecule has 5 atom stereocenters. The molecule has 0 heterocycles. The summed E-state index contributed by atoms with van der Waals surface area (Å²) in [6, 6.07) is 16.5. The number of nitrogens with two attached hydrogens (primary N) is 1. The molecule has 250 valence electrons. The summed E-state index contributed by atoms with van der Waals surface area (Å²) in [7, 11) is 0. The lowest BCUT2D eigenvalue weighted by atomic mass is 9.58. The van der Waals surface area contributed by atoms with E-state index in [1.807, 2.05) is 18.2 Å². The second-order valence-electron chi connectivity index (χ2n) is 14.6. The van der Waals surface area contributed by atoms with Gasteiger partial charge in [-0.25, -0.2) is 0 Å². The van der Waals surface area contributed by atoms with Gasteiger partial charge in [0, 0.05) is 11.3 Å². The number of carbonyl (C=O) groups is 1. The molecule has 1 spiro atoms. The summed E-state index contributed by atoms with van der Waals surface area (Å²) < 4.78 is 0. The molecule has 5 rings (SSSR count). The van der Waals surface area contributed by atoms with Gasteiger partial charge in [0.15, 0.2) is 0 Å². The lowest BCUT2D eigenvalue weighted by Gasteiger charge is -2.45. The van der Waals surface area contributed by atoms with Crippen molar-refractivity contribution in [3.8, 4) is 5.75 Å². The third kappa shape index (κ3) is 8.52. The molecule has 1 saturated carbocycles. The predicted octanol–water partition coefficient (Wildman–Crippen LogP) is 8.83. The lowest BCUT2D eigenvalue weighted by molar-refractivity contribution is -0.147. The molecule has 5 nitrogen and oxygen atoms in total. The van der Waals surface area contributed by atoms with E-state index in [1.54, 1.807) is 5.57 Å². The molecule has 2 aromatic rings. The number of fused-ring (bicyclic) bond motifs is 3. The number of carboxylic acid groups (broad SMARTS) is 1. The van der Waals surface area contributed by atoms with Crippen LogP contribution in [-0.2, 0) is 16.6 Å². The number of unbranched alkanes of at least 4 members (excludes halogenated alkanes) is 3. The number of hydrogen-bond donors (Lipinski definition) is 4. The molecule has 3 aliphatic carbocycles. The summed E-state index contributed by atoms with van der Waals surface area (Å²) >= 11 is 0. The minimum Gasteiger partial charge on any atom is -0.508 e. The minimum atomic E-state index is -0.796. The summed E-state index contributed by atoms with van der Waals surface area (Å²) in [4.78, 5) is 13.0. The van der Waals surface area contributed by atoms with Gasteiger partial charge in [0.25, 0.3) is 0 Å². The van der Waals surface area contributed by atoms with Crippen LogP contribution in [0.5, 0.6) is 5.75 Å². The molecular formula is C41H57NO4. The smallest absolute Gasteiger partial charge is 0.308 e. The Bertz CT molecular complexity index is 1310. The lowest BCUT2D eigenvalue weighted by Crippen LogP contribution is -2.46. The van der Waals surface area contributed by atoms with Crippen molar-refractivity contribution >= 4 is 5.97 Å². The number of aromatic hydroxyl groups is 1. The monoisotopic (exact) mass is 627 g/mol. The number of aliphatic hydroxyl groups is 1. The van der Waals surface area contributed by atoms with Crippen LogP contribution in [0.2, 0.25) is 0 Å². The van der Waals surface area contributed by atoms with Crippen molar-refractivity contribution in [3.05, 3.63) is 89.0 Å². The summed E-state index contributed by atoms with van der Waals surface area (Å²) in [5.41, 5.74) is 10.5. The number of allylic oxidation sites excluding steroid dienone is 2. The Balaban J connectivity index is 1.37. The third-order valence-corrected chi connectivity index (χ3v) is 11.6. The maximum atomic E-state index is 13.0. The van der Waals surface area contributed by atoms with Crippen LogP contribution >= 0.6 is 0 Å². The zero-order valence-corrected chi connectivity index (χ0v) is 27.8.